The van der Waals surface area contributed by atoms with Gasteiger partial charge < -0.3 is 10.1 Å². The average Bonchev–Trinajstić information content (AvgIpc) is 2.77. The number of halogens is 4. The molecule has 3 aromatic rings. The molecule has 0 saturated carbocycles. The maximum Gasteiger partial charge on any atom is 0.416 e. The molecule has 8 heteroatoms. The van der Waals surface area contributed by atoms with Crippen LogP contribution < -0.4 is 10.1 Å². The zero-order valence-electron chi connectivity index (χ0n) is 16.5. The van der Waals surface area contributed by atoms with Gasteiger partial charge in [0.25, 0.3) is 5.91 Å². The minimum absolute atomic E-state index is 0.0531. The Bertz CT molecular complexity index is 1170. The lowest BCUT2D eigenvalue weighted by molar-refractivity contribution is -0.137. The molecule has 0 atom stereocenters. The molecule has 0 saturated heterocycles. The van der Waals surface area contributed by atoms with Gasteiger partial charge in [0.2, 0.25) is 0 Å². The van der Waals surface area contributed by atoms with Gasteiger partial charge in [-0.25, -0.2) is 0 Å². The molecular formula is C24H16BrF3N2O2. The molecule has 0 aliphatic rings. The van der Waals surface area contributed by atoms with Crippen LogP contribution in [-0.4, -0.2) is 5.91 Å². The van der Waals surface area contributed by atoms with Gasteiger partial charge in [-0.3, -0.25) is 4.79 Å². The zero-order valence-corrected chi connectivity index (χ0v) is 18.1. The predicted molar refractivity (Wildman–Crippen MR) is 119 cm³/mol. The normalized spacial score (nSPS) is 11.5. The Balaban J connectivity index is 1.66. The number of amides is 1. The fraction of sp³-hybridized carbons (Fsp3) is 0.0833. The number of carbonyl (C=O) groups excluding carboxylic acids is 1. The second-order valence-corrected chi connectivity index (χ2v) is 7.60. The Morgan fingerprint density at radius 3 is 2.38 bits per heavy atom. The molecule has 0 aromatic heterocycles. The van der Waals surface area contributed by atoms with E-state index >= 15 is 0 Å². The van der Waals surface area contributed by atoms with E-state index < -0.39 is 17.6 Å². The van der Waals surface area contributed by atoms with Gasteiger partial charge in [-0.2, -0.15) is 18.4 Å². The first kappa shape index (κ1) is 23.1. The molecule has 3 rings (SSSR count). The van der Waals surface area contributed by atoms with Crippen LogP contribution in [0.15, 0.2) is 82.8 Å². The highest BCUT2D eigenvalue weighted by Gasteiger charge is 2.30. The van der Waals surface area contributed by atoms with Crippen molar-refractivity contribution in [2.75, 3.05) is 5.32 Å². The third-order valence-electron chi connectivity index (χ3n) is 4.32. The van der Waals surface area contributed by atoms with E-state index in [1.165, 1.54) is 18.2 Å². The number of nitriles is 1. The van der Waals surface area contributed by atoms with Crippen molar-refractivity contribution in [3.8, 4) is 11.8 Å². The van der Waals surface area contributed by atoms with Crippen molar-refractivity contribution in [3.05, 3.63) is 99.5 Å². The van der Waals surface area contributed by atoms with Crippen LogP contribution in [0.4, 0.5) is 18.9 Å². The number of nitrogens with zero attached hydrogens (tertiary/aromatic N) is 1. The fourth-order valence-corrected chi connectivity index (χ4v) is 2.96. The lowest BCUT2D eigenvalue weighted by atomic mass is 10.1. The van der Waals surface area contributed by atoms with E-state index in [-0.39, 0.29) is 11.3 Å². The Kier molecular flexibility index (Phi) is 7.33. The first-order valence-corrected chi connectivity index (χ1v) is 10.1. The van der Waals surface area contributed by atoms with Gasteiger partial charge in [-0.15, -0.1) is 0 Å². The largest absolute Gasteiger partial charge is 0.489 e. The number of alkyl halides is 3. The van der Waals surface area contributed by atoms with Gasteiger partial charge in [0.15, 0.2) is 0 Å². The maximum absolute atomic E-state index is 12.8. The Morgan fingerprint density at radius 2 is 1.75 bits per heavy atom. The number of hydrogen-bond donors (Lipinski definition) is 1. The van der Waals surface area contributed by atoms with Gasteiger partial charge in [0, 0.05) is 10.2 Å². The van der Waals surface area contributed by atoms with E-state index in [0.717, 1.165) is 22.2 Å². The number of nitrogens with one attached hydrogen (secondary N) is 1. The first-order valence-electron chi connectivity index (χ1n) is 9.32. The second-order valence-electron chi connectivity index (χ2n) is 6.69. The summed E-state index contributed by atoms with van der Waals surface area (Å²) in [6.07, 6.45) is -3.18. The smallest absolute Gasteiger partial charge is 0.416 e. The first-order chi connectivity index (χ1) is 15.2. The SMILES string of the molecule is N#C/C(=C\c1ccc(OCc2ccc(Br)cc2)cc1)C(=O)Nc1cccc(C(F)(F)F)c1. The van der Waals surface area contributed by atoms with Crippen molar-refractivity contribution in [3.63, 3.8) is 0 Å². The van der Waals surface area contributed by atoms with Gasteiger partial charge >= 0.3 is 6.18 Å². The van der Waals surface area contributed by atoms with Gasteiger partial charge in [0.1, 0.15) is 24.0 Å². The summed E-state index contributed by atoms with van der Waals surface area (Å²) in [6, 6.07) is 20.4. The predicted octanol–water partition coefficient (Wildman–Crippen LogP) is 6.59. The maximum atomic E-state index is 12.8. The molecule has 0 aliphatic heterocycles. The number of carbonyl (C=O) groups is 1. The molecule has 0 radical (unpaired) electrons. The van der Waals surface area contributed by atoms with Crippen molar-refractivity contribution in [1.82, 2.24) is 0 Å². The van der Waals surface area contributed by atoms with Crippen LogP contribution >= 0.6 is 15.9 Å². The van der Waals surface area contributed by atoms with Crippen LogP contribution in [0.2, 0.25) is 0 Å². The molecule has 0 aliphatic carbocycles. The Labute approximate surface area is 191 Å². The quantitative estimate of drug-likeness (QED) is 0.306. The minimum atomic E-state index is -4.53. The lowest BCUT2D eigenvalue weighted by Crippen LogP contribution is -2.14. The van der Waals surface area contributed by atoms with Crippen LogP contribution in [0.5, 0.6) is 5.75 Å². The second kappa shape index (κ2) is 10.2. The van der Waals surface area contributed by atoms with Crippen molar-refractivity contribution in [2.45, 2.75) is 12.8 Å². The molecule has 0 fully saturated rings. The number of benzene rings is 3. The van der Waals surface area contributed by atoms with E-state index in [0.29, 0.717) is 17.9 Å². The fourth-order valence-electron chi connectivity index (χ4n) is 2.69. The monoisotopic (exact) mass is 500 g/mol. The van der Waals surface area contributed by atoms with Crippen LogP contribution in [0.25, 0.3) is 6.08 Å². The highest BCUT2D eigenvalue weighted by Crippen LogP contribution is 2.30. The van der Waals surface area contributed by atoms with E-state index in [1.807, 2.05) is 24.3 Å². The Morgan fingerprint density at radius 1 is 1.06 bits per heavy atom. The lowest BCUT2D eigenvalue weighted by Gasteiger charge is -2.09. The van der Waals surface area contributed by atoms with Crippen molar-refractivity contribution in [2.24, 2.45) is 0 Å². The third-order valence-corrected chi connectivity index (χ3v) is 4.85. The Hall–Kier alpha value is -3.57. The summed E-state index contributed by atoms with van der Waals surface area (Å²) in [6.45, 7) is 0.380. The van der Waals surface area contributed by atoms with E-state index in [4.69, 9.17) is 4.74 Å². The molecule has 0 bridgehead atoms. The third kappa shape index (κ3) is 6.46. The number of ether oxygens (including phenoxy) is 1. The molecule has 0 unspecified atom stereocenters. The van der Waals surface area contributed by atoms with E-state index in [9.17, 15) is 23.2 Å². The molecule has 3 aromatic carbocycles. The van der Waals surface area contributed by atoms with Crippen LogP contribution in [0, 0.1) is 11.3 Å². The van der Waals surface area contributed by atoms with Crippen LogP contribution in [-0.2, 0) is 17.6 Å². The van der Waals surface area contributed by atoms with Crippen molar-refractivity contribution < 1.29 is 22.7 Å². The molecule has 32 heavy (non-hydrogen) atoms. The minimum Gasteiger partial charge on any atom is -0.489 e. The van der Waals surface area contributed by atoms with Crippen LogP contribution in [0.3, 0.4) is 0 Å². The molecule has 0 spiro atoms. The molecule has 162 valence electrons. The van der Waals surface area contributed by atoms with Crippen molar-refractivity contribution >= 4 is 33.6 Å². The highest BCUT2D eigenvalue weighted by atomic mass is 79.9. The molecule has 0 heterocycles. The summed E-state index contributed by atoms with van der Waals surface area (Å²) in [5.41, 5.74) is 0.372. The summed E-state index contributed by atoms with van der Waals surface area (Å²) in [5, 5.41) is 11.6. The molecule has 1 N–H and O–H groups in total. The molecular weight excluding hydrogens is 485 g/mol. The van der Waals surface area contributed by atoms with Gasteiger partial charge in [-0.1, -0.05) is 46.3 Å². The van der Waals surface area contributed by atoms with Crippen molar-refractivity contribution in [1.29, 1.82) is 5.26 Å². The topological polar surface area (TPSA) is 62.1 Å². The van der Waals surface area contributed by atoms with Gasteiger partial charge in [-0.05, 0) is 59.7 Å². The number of hydrogen-bond acceptors (Lipinski definition) is 3. The number of rotatable bonds is 6. The van der Waals surface area contributed by atoms with E-state index in [2.05, 4.69) is 21.2 Å². The zero-order chi connectivity index (χ0) is 23.1. The summed E-state index contributed by atoms with van der Waals surface area (Å²) in [5.74, 6) is -0.195. The highest BCUT2D eigenvalue weighted by molar-refractivity contribution is 9.10. The summed E-state index contributed by atoms with van der Waals surface area (Å²) in [7, 11) is 0. The number of anilines is 1. The molecule has 1 amide bonds. The summed E-state index contributed by atoms with van der Waals surface area (Å²) >= 11 is 3.37. The van der Waals surface area contributed by atoms with Crippen LogP contribution in [0.1, 0.15) is 16.7 Å². The molecule has 4 nitrogen and oxygen atoms in total. The summed E-state index contributed by atoms with van der Waals surface area (Å²) in [4.78, 5) is 12.3. The van der Waals surface area contributed by atoms with Gasteiger partial charge in [0.05, 0.1) is 5.56 Å². The van der Waals surface area contributed by atoms with E-state index in [1.54, 1.807) is 30.3 Å². The average molecular weight is 501 g/mol. The standard InChI is InChI=1S/C24H16BrF3N2O2/c25-20-8-4-17(5-9-20)15-32-22-10-6-16(7-11-22)12-18(14-29)23(31)30-21-3-1-2-19(13-21)24(26,27)28/h1-13H,15H2,(H,30,31)/b18-12+. The summed E-state index contributed by atoms with van der Waals surface area (Å²) < 4.78 is 45.2.